The summed E-state index contributed by atoms with van der Waals surface area (Å²) in [5, 5.41) is 22.6. The smallest absolute Gasteiger partial charge is 0.328 e. The maximum Gasteiger partial charge on any atom is 0.328 e. The van der Waals surface area contributed by atoms with Crippen molar-refractivity contribution in [2.45, 2.75) is 289 Å². The topological polar surface area (TPSA) is 142 Å². The summed E-state index contributed by atoms with van der Waals surface area (Å²) in [7, 11) is 0. The van der Waals surface area contributed by atoms with Gasteiger partial charge in [0.1, 0.15) is 12.1 Å². The molecule has 64 heavy (non-hydrogen) atoms. The lowest BCUT2D eigenvalue weighted by atomic mass is 10.0. The molecule has 374 valence electrons. The predicted molar refractivity (Wildman–Crippen MR) is 268 cm³/mol. The van der Waals surface area contributed by atoms with Crippen molar-refractivity contribution < 1.29 is 34.1 Å². The lowest BCUT2D eigenvalue weighted by molar-refractivity contribution is -0.150. The molecule has 0 saturated carbocycles. The number of esters is 1. The van der Waals surface area contributed by atoms with Gasteiger partial charge in [-0.3, -0.25) is 14.4 Å². The van der Waals surface area contributed by atoms with Crippen molar-refractivity contribution in [3.63, 3.8) is 0 Å². The number of amides is 2. The van der Waals surface area contributed by atoms with E-state index in [-0.39, 0.29) is 24.5 Å². The molecule has 4 N–H and O–H groups in total. The third kappa shape index (κ3) is 45.9. The Kier molecular flexibility index (Phi) is 47.7. The van der Waals surface area contributed by atoms with Crippen molar-refractivity contribution in [2.24, 2.45) is 0 Å². The van der Waals surface area contributed by atoms with Crippen LogP contribution in [0.15, 0.2) is 24.3 Å². The van der Waals surface area contributed by atoms with Crippen LogP contribution in [-0.4, -0.2) is 59.3 Å². The van der Waals surface area contributed by atoms with Gasteiger partial charge in [-0.2, -0.15) is 0 Å². The maximum atomic E-state index is 12.9. The Morgan fingerprint density at radius 2 is 0.844 bits per heavy atom. The van der Waals surface area contributed by atoms with Crippen LogP contribution in [0.4, 0.5) is 0 Å². The van der Waals surface area contributed by atoms with Gasteiger partial charge < -0.3 is 25.6 Å². The Morgan fingerprint density at radius 3 is 1.27 bits per heavy atom. The van der Waals surface area contributed by atoms with Crippen LogP contribution in [0, 0.1) is 0 Å². The molecule has 0 aliphatic heterocycles. The predicted octanol–water partition coefficient (Wildman–Crippen LogP) is 14.7. The van der Waals surface area contributed by atoms with Gasteiger partial charge in [0.2, 0.25) is 11.8 Å². The highest BCUT2D eigenvalue weighted by molar-refractivity contribution is 5.87. The molecule has 0 saturated heterocycles. The average Bonchev–Trinajstić information content (AvgIpc) is 3.28. The molecule has 0 spiro atoms. The van der Waals surface area contributed by atoms with E-state index in [9.17, 15) is 19.2 Å². The first kappa shape index (κ1) is 61.3. The number of ether oxygens (including phenoxy) is 1. The van der Waals surface area contributed by atoms with Crippen LogP contribution in [0.5, 0.6) is 0 Å². The molecule has 0 fully saturated rings. The number of carbonyl (C=O) groups excluding carboxylic acids is 3. The van der Waals surface area contributed by atoms with E-state index < -0.39 is 24.5 Å². The SMILES string of the molecule is CCCCCCC/C=C\C/C=C\CCCCCC(CCCCCCCC(=O)NCC(=O)NC(CO)C(=O)O)OC(=O)CCCCCCCCCCCCCCCCCCCCCCC. The zero-order valence-corrected chi connectivity index (χ0v) is 41.8. The van der Waals surface area contributed by atoms with Crippen LogP contribution < -0.4 is 10.6 Å². The van der Waals surface area contributed by atoms with E-state index in [0.717, 1.165) is 83.5 Å². The number of aliphatic hydroxyl groups excluding tert-OH is 1. The van der Waals surface area contributed by atoms with Crippen LogP contribution in [-0.2, 0) is 23.9 Å². The Labute approximate surface area is 394 Å². The number of hydrogen-bond donors (Lipinski definition) is 4. The molecule has 0 heterocycles. The zero-order valence-electron chi connectivity index (χ0n) is 41.8. The Balaban J connectivity index is 4.26. The first-order valence-corrected chi connectivity index (χ1v) is 27.2. The highest BCUT2D eigenvalue weighted by Crippen LogP contribution is 2.19. The summed E-state index contributed by atoms with van der Waals surface area (Å²) in [6, 6.07) is -1.38. The summed E-state index contributed by atoms with van der Waals surface area (Å²) in [5.74, 6) is -2.29. The normalized spacial score (nSPS) is 12.5. The van der Waals surface area contributed by atoms with Crippen molar-refractivity contribution in [1.29, 1.82) is 0 Å². The van der Waals surface area contributed by atoms with Crippen LogP contribution >= 0.6 is 0 Å². The molecule has 2 amide bonds. The summed E-state index contributed by atoms with van der Waals surface area (Å²) >= 11 is 0. The van der Waals surface area contributed by atoms with Gasteiger partial charge >= 0.3 is 11.9 Å². The second-order valence-electron chi connectivity index (χ2n) is 18.7. The quantitative estimate of drug-likeness (QED) is 0.0270. The molecule has 9 heteroatoms. The highest BCUT2D eigenvalue weighted by Gasteiger charge is 2.19. The second kappa shape index (κ2) is 49.7. The van der Waals surface area contributed by atoms with E-state index in [4.69, 9.17) is 14.9 Å². The summed E-state index contributed by atoms with van der Waals surface area (Å²) < 4.78 is 6.07. The van der Waals surface area contributed by atoms with Gasteiger partial charge in [0, 0.05) is 12.8 Å². The summed E-state index contributed by atoms with van der Waals surface area (Å²) in [5.41, 5.74) is 0. The molecular weight excluding hydrogens is 801 g/mol. The van der Waals surface area contributed by atoms with Gasteiger partial charge in [0.15, 0.2) is 0 Å². The van der Waals surface area contributed by atoms with E-state index in [1.54, 1.807) is 0 Å². The summed E-state index contributed by atoms with van der Waals surface area (Å²) in [6.45, 7) is 3.51. The Morgan fingerprint density at radius 1 is 0.469 bits per heavy atom. The van der Waals surface area contributed by atoms with Gasteiger partial charge in [0.05, 0.1) is 13.2 Å². The van der Waals surface area contributed by atoms with Crippen molar-refractivity contribution in [3.05, 3.63) is 24.3 Å². The number of carbonyl (C=O) groups is 4. The van der Waals surface area contributed by atoms with Crippen LogP contribution in [0.25, 0.3) is 0 Å². The monoisotopic (exact) mass is 903 g/mol. The molecule has 0 rings (SSSR count). The molecule has 9 nitrogen and oxygen atoms in total. The molecule has 2 atom stereocenters. The van der Waals surface area contributed by atoms with Crippen molar-refractivity contribution in [2.75, 3.05) is 13.2 Å². The van der Waals surface area contributed by atoms with Gasteiger partial charge in [-0.25, -0.2) is 4.79 Å². The maximum absolute atomic E-state index is 12.9. The minimum absolute atomic E-state index is 0.0338. The van der Waals surface area contributed by atoms with Crippen LogP contribution in [0.3, 0.4) is 0 Å². The molecule has 0 aromatic carbocycles. The molecule has 2 unspecified atom stereocenters. The van der Waals surface area contributed by atoms with Gasteiger partial charge in [0.25, 0.3) is 0 Å². The largest absolute Gasteiger partial charge is 0.480 e. The number of nitrogens with one attached hydrogen (secondary N) is 2. The lowest BCUT2D eigenvalue weighted by Crippen LogP contribution is -2.47. The third-order valence-corrected chi connectivity index (χ3v) is 12.5. The average molecular weight is 903 g/mol. The number of carboxylic acids is 1. The second-order valence-corrected chi connectivity index (χ2v) is 18.7. The molecule has 0 aliphatic carbocycles. The minimum Gasteiger partial charge on any atom is -0.480 e. The molecule has 0 aliphatic rings. The number of allylic oxidation sites excluding steroid dienone is 4. The van der Waals surface area contributed by atoms with E-state index in [0.29, 0.717) is 19.3 Å². The van der Waals surface area contributed by atoms with Gasteiger partial charge in [-0.15, -0.1) is 0 Å². The van der Waals surface area contributed by atoms with E-state index in [2.05, 4.69) is 48.8 Å². The molecule has 0 aromatic rings. The summed E-state index contributed by atoms with van der Waals surface area (Å²) in [6.07, 6.45) is 57.9. The number of unbranched alkanes of at least 4 members (excludes halogenated alkanes) is 32. The molecular formula is C55H102N2O7. The molecule has 0 aromatic heterocycles. The third-order valence-electron chi connectivity index (χ3n) is 12.5. The van der Waals surface area contributed by atoms with Crippen molar-refractivity contribution in [1.82, 2.24) is 10.6 Å². The van der Waals surface area contributed by atoms with E-state index >= 15 is 0 Å². The highest BCUT2D eigenvalue weighted by atomic mass is 16.5. The molecule has 0 radical (unpaired) electrons. The minimum atomic E-state index is -1.38. The van der Waals surface area contributed by atoms with Gasteiger partial charge in [-0.1, -0.05) is 218 Å². The standard InChI is InChI=1S/C55H102N2O7/c1-3-5-7-9-11-13-15-17-19-20-21-22-23-24-26-28-30-32-34-39-43-47-54(61)64-50(44-40-36-33-31-29-27-25-18-16-14-12-10-8-6-4-2)45-41-37-35-38-42-46-52(59)56-48-53(60)57-51(49-58)55(62)63/h16,18,27,29,50-51,58H,3-15,17,19-26,28,30-49H2,1-2H3,(H,56,59)(H,57,60)(H,62,63)/b18-16-,29-27-. The lowest BCUT2D eigenvalue weighted by Gasteiger charge is -2.18. The number of carboxylic acid groups (broad SMARTS) is 1. The summed E-state index contributed by atoms with van der Waals surface area (Å²) in [4.78, 5) is 47.9. The molecule has 0 bridgehead atoms. The zero-order chi connectivity index (χ0) is 46.8. The number of aliphatic carboxylic acids is 1. The first-order valence-electron chi connectivity index (χ1n) is 27.2. The fourth-order valence-corrected chi connectivity index (χ4v) is 8.28. The first-order chi connectivity index (χ1) is 31.3. The van der Waals surface area contributed by atoms with Crippen molar-refractivity contribution in [3.8, 4) is 0 Å². The fourth-order valence-electron chi connectivity index (χ4n) is 8.28. The van der Waals surface area contributed by atoms with Crippen molar-refractivity contribution >= 4 is 23.8 Å². The Hall–Kier alpha value is -2.68. The van der Waals surface area contributed by atoms with Crippen LogP contribution in [0.2, 0.25) is 0 Å². The van der Waals surface area contributed by atoms with E-state index in [1.807, 2.05) is 0 Å². The van der Waals surface area contributed by atoms with Crippen LogP contribution in [0.1, 0.15) is 277 Å². The van der Waals surface area contributed by atoms with E-state index in [1.165, 1.54) is 161 Å². The number of rotatable bonds is 50. The van der Waals surface area contributed by atoms with Gasteiger partial charge in [-0.05, 0) is 70.6 Å². The Bertz CT molecular complexity index is 1130. The fraction of sp³-hybridized carbons (Fsp3) is 0.855. The number of hydrogen-bond acceptors (Lipinski definition) is 6. The number of aliphatic hydroxyl groups is 1.